The fraction of sp³-hybridized carbons (Fsp3) is 0.583. The molecule has 0 aliphatic carbocycles. The first-order valence-corrected chi connectivity index (χ1v) is 6.85. The van der Waals surface area contributed by atoms with Crippen LogP contribution in [-0.4, -0.2) is 47.8 Å². The van der Waals surface area contributed by atoms with Crippen LogP contribution in [0.4, 0.5) is 0 Å². The van der Waals surface area contributed by atoms with Gasteiger partial charge < -0.3 is 9.64 Å². The van der Waals surface area contributed by atoms with Crippen molar-refractivity contribution in [2.75, 3.05) is 26.8 Å². The van der Waals surface area contributed by atoms with Crippen LogP contribution in [0.1, 0.15) is 23.2 Å². The highest BCUT2D eigenvalue weighted by Gasteiger charge is 2.21. The zero-order valence-corrected chi connectivity index (χ0v) is 12.1. The van der Waals surface area contributed by atoms with Crippen molar-refractivity contribution in [1.29, 1.82) is 0 Å². The van der Waals surface area contributed by atoms with Gasteiger partial charge in [0.15, 0.2) is 10.3 Å². The van der Waals surface area contributed by atoms with Gasteiger partial charge in [-0.25, -0.2) is 0 Å². The van der Waals surface area contributed by atoms with Gasteiger partial charge in [0.25, 0.3) is 5.91 Å². The van der Waals surface area contributed by atoms with Crippen molar-refractivity contribution in [3.8, 4) is 0 Å². The number of hydrogen-bond donors (Lipinski definition) is 0. The number of nitrogens with zero attached hydrogens (tertiary/aromatic N) is 3. The van der Waals surface area contributed by atoms with Gasteiger partial charge in [0.05, 0.1) is 5.56 Å². The third-order valence-electron chi connectivity index (χ3n) is 3.17. The molecule has 0 aromatic carbocycles. The predicted octanol–water partition coefficient (Wildman–Crippen LogP) is 2.28. The standard InChI is InChI=1S/C12H15Cl2N3O2/c1-17(7-8-2-4-19-5-3-8)12(18)9-6-10(13)15-16-11(9)14/h6,8H,2-5,7H2,1H3. The molecule has 0 bridgehead atoms. The lowest BCUT2D eigenvalue weighted by molar-refractivity contribution is 0.0497. The molecule has 2 heterocycles. The summed E-state index contributed by atoms with van der Waals surface area (Å²) in [5, 5.41) is 7.47. The first-order chi connectivity index (χ1) is 9.08. The molecule has 1 aliphatic heterocycles. The maximum absolute atomic E-state index is 12.3. The summed E-state index contributed by atoms with van der Waals surface area (Å²) in [4.78, 5) is 13.9. The summed E-state index contributed by atoms with van der Waals surface area (Å²) in [5.41, 5.74) is 0.288. The lowest BCUT2D eigenvalue weighted by Gasteiger charge is -2.27. The van der Waals surface area contributed by atoms with Crippen LogP contribution in [-0.2, 0) is 4.74 Å². The quantitative estimate of drug-likeness (QED) is 0.859. The summed E-state index contributed by atoms with van der Waals surface area (Å²) in [6.07, 6.45) is 1.95. The molecule has 0 atom stereocenters. The van der Waals surface area contributed by atoms with E-state index in [1.807, 2.05) is 0 Å². The second-order valence-electron chi connectivity index (χ2n) is 4.61. The van der Waals surface area contributed by atoms with Crippen LogP contribution in [0.2, 0.25) is 10.3 Å². The van der Waals surface area contributed by atoms with Crippen LogP contribution in [0.3, 0.4) is 0 Å². The number of amides is 1. The van der Waals surface area contributed by atoms with Crippen LogP contribution in [0.15, 0.2) is 6.07 Å². The lowest BCUT2D eigenvalue weighted by atomic mass is 10.00. The fourth-order valence-corrected chi connectivity index (χ4v) is 2.43. The van der Waals surface area contributed by atoms with Crippen LogP contribution in [0, 0.1) is 5.92 Å². The molecule has 19 heavy (non-hydrogen) atoms. The number of carbonyl (C=O) groups is 1. The molecule has 1 amide bonds. The summed E-state index contributed by atoms with van der Waals surface area (Å²) in [6.45, 7) is 2.20. The second kappa shape index (κ2) is 6.50. The van der Waals surface area contributed by atoms with E-state index in [2.05, 4.69) is 10.2 Å². The van der Waals surface area contributed by atoms with E-state index in [1.165, 1.54) is 6.07 Å². The molecule has 0 unspecified atom stereocenters. The summed E-state index contributed by atoms with van der Waals surface area (Å²) in [6, 6.07) is 1.44. The first-order valence-electron chi connectivity index (χ1n) is 6.10. The summed E-state index contributed by atoms with van der Waals surface area (Å²) >= 11 is 11.6. The van der Waals surface area contributed by atoms with Gasteiger partial charge in [0.2, 0.25) is 0 Å². The van der Waals surface area contributed by atoms with E-state index in [4.69, 9.17) is 27.9 Å². The Labute approximate surface area is 121 Å². The van der Waals surface area contributed by atoms with Crippen molar-refractivity contribution in [3.63, 3.8) is 0 Å². The molecule has 2 rings (SSSR count). The molecule has 1 aliphatic rings. The Morgan fingerprint density at radius 3 is 2.79 bits per heavy atom. The lowest BCUT2D eigenvalue weighted by Crippen LogP contribution is -2.34. The third-order valence-corrected chi connectivity index (χ3v) is 3.63. The van der Waals surface area contributed by atoms with Crippen LogP contribution in [0.5, 0.6) is 0 Å². The van der Waals surface area contributed by atoms with Gasteiger partial charge in [-0.1, -0.05) is 23.2 Å². The Balaban J connectivity index is 2.03. The van der Waals surface area contributed by atoms with Crippen molar-refractivity contribution >= 4 is 29.1 Å². The van der Waals surface area contributed by atoms with Gasteiger partial charge in [0, 0.05) is 26.8 Å². The van der Waals surface area contributed by atoms with Crippen molar-refractivity contribution in [2.45, 2.75) is 12.8 Å². The zero-order valence-electron chi connectivity index (χ0n) is 10.6. The van der Waals surface area contributed by atoms with Crippen LogP contribution >= 0.6 is 23.2 Å². The molecule has 0 saturated carbocycles. The number of hydrogen-bond acceptors (Lipinski definition) is 4. The number of carbonyl (C=O) groups excluding carboxylic acids is 1. The number of ether oxygens (including phenoxy) is 1. The molecule has 0 spiro atoms. The van der Waals surface area contributed by atoms with Gasteiger partial charge in [-0.15, -0.1) is 10.2 Å². The Morgan fingerprint density at radius 1 is 1.42 bits per heavy atom. The normalized spacial score (nSPS) is 16.4. The summed E-state index contributed by atoms with van der Waals surface area (Å²) < 4.78 is 5.30. The second-order valence-corrected chi connectivity index (χ2v) is 5.36. The van der Waals surface area contributed by atoms with Crippen molar-refractivity contribution in [1.82, 2.24) is 15.1 Å². The molecule has 1 aromatic heterocycles. The highest BCUT2D eigenvalue weighted by atomic mass is 35.5. The third kappa shape index (κ3) is 3.78. The molecular formula is C12H15Cl2N3O2. The van der Waals surface area contributed by atoms with Gasteiger partial charge >= 0.3 is 0 Å². The molecule has 5 nitrogen and oxygen atoms in total. The number of rotatable bonds is 3. The molecule has 1 saturated heterocycles. The largest absolute Gasteiger partial charge is 0.381 e. The van der Waals surface area contributed by atoms with Gasteiger partial charge in [-0.3, -0.25) is 4.79 Å². The Kier molecular flexibility index (Phi) is 4.96. The van der Waals surface area contributed by atoms with Crippen molar-refractivity contribution in [3.05, 3.63) is 21.9 Å². The van der Waals surface area contributed by atoms with Gasteiger partial charge in [-0.2, -0.15) is 0 Å². The molecule has 1 aromatic rings. The Bertz CT molecular complexity index is 464. The molecule has 7 heteroatoms. The molecule has 0 N–H and O–H groups in total. The Morgan fingerprint density at radius 2 is 2.11 bits per heavy atom. The monoisotopic (exact) mass is 303 g/mol. The average molecular weight is 304 g/mol. The van der Waals surface area contributed by atoms with Crippen LogP contribution < -0.4 is 0 Å². The van der Waals surface area contributed by atoms with Crippen molar-refractivity contribution in [2.24, 2.45) is 5.92 Å². The first kappa shape index (κ1) is 14.5. The van der Waals surface area contributed by atoms with E-state index >= 15 is 0 Å². The zero-order chi connectivity index (χ0) is 13.8. The van der Waals surface area contributed by atoms with Gasteiger partial charge in [0.1, 0.15) is 0 Å². The number of halogens is 2. The van der Waals surface area contributed by atoms with E-state index in [1.54, 1.807) is 11.9 Å². The van der Waals surface area contributed by atoms with Gasteiger partial charge in [-0.05, 0) is 24.8 Å². The Hall–Kier alpha value is -0.910. The average Bonchev–Trinajstić information content (AvgIpc) is 2.42. The minimum Gasteiger partial charge on any atom is -0.381 e. The number of aromatic nitrogens is 2. The van der Waals surface area contributed by atoms with E-state index < -0.39 is 0 Å². The van der Waals surface area contributed by atoms with E-state index in [9.17, 15) is 4.79 Å². The minimum absolute atomic E-state index is 0.0771. The van der Waals surface area contributed by atoms with E-state index in [0.29, 0.717) is 12.5 Å². The molecule has 0 radical (unpaired) electrons. The molecule has 104 valence electrons. The summed E-state index contributed by atoms with van der Waals surface area (Å²) in [5.74, 6) is 0.278. The highest BCUT2D eigenvalue weighted by molar-refractivity contribution is 6.34. The maximum Gasteiger partial charge on any atom is 0.256 e. The SMILES string of the molecule is CN(CC1CCOCC1)C(=O)c1cc(Cl)nnc1Cl. The fourth-order valence-electron chi connectivity index (χ4n) is 2.11. The van der Waals surface area contributed by atoms with E-state index in [-0.39, 0.29) is 21.8 Å². The molecular weight excluding hydrogens is 289 g/mol. The highest BCUT2D eigenvalue weighted by Crippen LogP contribution is 2.20. The molecule has 1 fully saturated rings. The topological polar surface area (TPSA) is 55.3 Å². The minimum atomic E-state index is -0.187. The predicted molar refractivity (Wildman–Crippen MR) is 72.6 cm³/mol. The van der Waals surface area contributed by atoms with Crippen LogP contribution in [0.25, 0.3) is 0 Å². The summed E-state index contributed by atoms with van der Waals surface area (Å²) in [7, 11) is 1.75. The smallest absolute Gasteiger partial charge is 0.256 e. The van der Waals surface area contributed by atoms with E-state index in [0.717, 1.165) is 26.1 Å². The maximum atomic E-state index is 12.3. The van der Waals surface area contributed by atoms with Crippen molar-refractivity contribution < 1.29 is 9.53 Å².